The number of unbranched alkanes of at least 4 members (excludes halogenated alkanes) is 2. The predicted octanol–water partition coefficient (Wildman–Crippen LogP) is 3.74. The van der Waals surface area contributed by atoms with Crippen molar-refractivity contribution in [1.29, 1.82) is 0 Å². The maximum Gasteiger partial charge on any atom is 0.0979 e. The topological polar surface area (TPSA) is 22.4 Å². The van der Waals surface area contributed by atoms with Crippen molar-refractivity contribution in [2.24, 2.45) is 0 Å². The van der Waals surface area contributed by atoms with E-state index in [9.17, 15) is 0 Å². The molecule has 0 saturated carbocycles. The van der Waals surface area contributed by atoms with Crippen LogP contribution in [0.5, 0.6) is 0 Å². The van der Waals surface area contributed by atoms with Gasteiger partial charge < -0.3 is 9.15 Å². The van der Waals surface area contributed by atoms with E-state index in [1.165, 1.54) is 29.5 Å². The lowest BCUT2D eigenvalue weighted by Gasteiger charge is -2.03. The van der Waals surface area contributed by atoms with Crippen LogP contribution in [0.25, 0.3) is 11.1 Å². The Hall–Kier alpha value is -1.28. The summed E-state index contributed by atoms with van der Waals surface area (Å²) in [5.74, 6) is 0. The highest BCUT2D eigenvalue weighted by atomic mass is 16.5. The van der Waals surface area contributed by atoms with Crippen LogP contribution in [0.2, 0.25) is 0 Å². The molecule has 0 aromatic carbocycles. The van der Waals surface area contributed by atoms with Crippen LogP contribution in [-0.2, 0) is 11.2 Å². The molecule has 2 heteroatoms. The number of fused-ring (bicyclic) bond motifs is 1. The van der Waals surface area contributed by atoms with E-state index in [1.807, 2.05) is 6.26 Å². The van der Waals surface area contributed by atoms with Crippen LogP contribution in [0.15, 0.2) is 35.1 Å². The quantitative estimate of drug-likeness (QED) is 0.689. The van der Waals surface area contributed by atoms with E-state index >= 15 is 0 Å². The molecule has 0 radical (unpaired) electrons. The zero-order valence-electron chi connectivity index (χ0n) is 9.74. The molecule has 0 aromatic heterocycles. The van der Waals surface area contributed by atoms with Crippen molar-refractivity contribution >= 4 is 0 Å². The highest BCUT2D eigenvalue weighted by molar-refractivity contribution is 5.69. The van der Waals surface area contributed by atoms with Gasteiger partial charge in [0, 0.05) is 19.3 Å². The summed E-state index contributed by atoms with van der Waals surface area (Å²) in [4.78, 5) is 0. The van der Waals surface area contributed by atoms with Crippen LogP contribution < -0.4 is 0 Å². The maximum atomic E-state index is 5.14. The molecular formula is C14H18O2. The smallest absolute Gasteiger partial charge is 0.0979 e. The summed E-state index contributed by atoms with van der Waals surface area (Å²) >= 11 is 0. The van der Waals surface area contributed by atoms with Gasteiger partial charge in [-0.1, -0.05) is 18.6 Å². The molecule has 2 rings (SSSR count). The van der Waals surface area contributed by atoms with Crippen LogP contribution in [0.4, 0.5) is 0 Å². The molecule has 1 aliphatic carbocycles. The molecule has 1 aliphatic heterocycles. The molecule has 2 nitrogen and oxygen atoms in total. The summed E-state index contributed by atoms with van der Waals surface area (Å²) in [6.45, 7) is 0.876. The zero-order chi connectivity index (χ0) is 11.2. The summed E-state index contributed by atoms with van der Waals surface area (Å²) in [5, 5.41) is 0. The monoisotopic (exact) mass is 218 g/mol. The van der Waals surface area contributed by atoms with Crippen molar-refractivity contribution < 1.29 is 9.15 Å². The molecule has 1 heterocycles. The van der Waals surface area contributed by atoms with Gasteiger partial charge >= 0.3 is 0 Å². The molecule has 0 N–H and O–H groups in total. The Bertz CT molecular complexity index is 392. The first-order chi connectivity index (χ1) is 7.92. The second kappa shape index (κ2) is 5.71. The molecule has 16 heavy (non-hydrogen) atoms. The zero-order valence-corrected chi connectivity index (χ0v) is 9.74. The summed E-state index contributed by atoms with van der Waals surface area (Å²) < 4.78 is 10.2. The van der Waals surface area contributed by atoms with Gasteiger partial charge in [-0.05, 0) is 36.5 Å². The Morgan fingerprint density at radius 2 is 2.06 bits per heavy atom. The molecule has 0 spiro atoms. The first-order valence-corrected chi connectivity index (χ1v) is 5.84. The van der Waals surface area contributed by atoms with E-state index in [0.29, 0.717) is 0 Å². The van der Waals surface area contributed by atoms with Gasteiger partial charge in [0.1, 0.15) is 0 Å². The van der Waals surface area contributed by atoms with Crippen LogP contribution in [0.1, 0.15) is 24.8 Å². The fourth-order valence-electron chi connectivity index (χ4n) is 2.04. The molecular weight excluding hydrogens is 200 g/mol. The van der Waals surface area contributed by atoms with E-state index in [0.717, 1.165) is 19.4 Å². The summed E-state index contributed by atoms with van der Waals surface area (Å²) in [5.41, 5.74) is 3.97. The van der Waals surface area contributed by atoms with E-state index in [1.54, 1.807) is 13.4 Å². The van der Waals surface area contributed by atoms with Crippen LogP contribution in [0.3, 0.4) is 0 Å². The molecule has 0 saturated heterocycles. The second-order valence-electron chi connectivity index (χ2n) is 4.09. The number of hydrogen-bond acceptors (Lipinski definition) is 2. The Morgan fingerprint density at radius 3 is 2.94 bits per heavy atom. The average Bonchev–Trinajstić information content (AvgIpc) is 2.73. The summed E-state index contributed by atoms with van der Waals surface area (Å²) in [6, 6.07) is 6.39. The highest BCUT2D eigenvalue weighted by Crippen LogP contribution is 2.28. The third-order valence-corrected chi connectivity index (χ3v) is 2.92. The fourth-order valence-corrected chi connectivity index (χ4v) is 2.04. The number of hydrogen-bond donors (Lipinski definition) is 0. The SMILES string of the molecule is COCCCCCc1ccc2coccc1-2. The van der Waals surface area contributed by atoms with Gasteiger partial charge in [-0.3, -0.25) is 0 Å². The lowest BCUT2D eigenvalue weighted by Crippen LogP contribution is -1.90. The van der Waals surface area contributed by atoms with Crippen molar-refractivity contribution in [3.8, 4) is 11.1 Å². The average molecular weight is 218 g/mol. The molecule has 0 unspecified atom stereocenters. The Kier molecular flexibility index (Phi) is 4.00. The minimum Gasteiger partial charge on any atom is -0.472 e. The van der Waals surface area contributed by atoms with Gasteiger partial charge in [0.15, 0.2) is 0 Å². The van der Waals surface area contributed by atoms with E-state index in [2.05, 4.69) is 18.2 Å². The van der Waals surface area contributed by atoms with Gasteiger partial charge in [-0.25, -0.2) is 0 Å². The number of methoxy groups -OCH3 is 1. The number of aryl methyl sites for hydroxylation is 1. The van der Waals surface area contributed by atoms with Crippen LogP contribution in [0, 0.1) is 0 Å². The van der Waals surface area contributed by atoms with Gasteiger partial charge in [0.25, 0.3) is 0 Å². The van der Waals surface area contributed by atoms with E-state index in [-0.39, 0.29) is 0 Å². The second-order valence-corrected chi connectivity index (χ2v) is 4.09. The van der Waals surface area contributed by atoms with Gasteiger partial charge in [0.2, 0.25) is 0 Å². The molecule has 0 amide bonds. The summed E-state index contributed by atoms with van der Waals surface area (Å²) in [7, 11) is 1.76. The Labute approximate surface area is 96.6 Å². The third-order valence-electron chi connectivity index (χ3n) is 2.92. The van der Waals surface area contributed by atoms with Crippen molar-refractivity contribution in [2.75, 3.05) is 13.7 Å². The largest absolute Gasteiger partial charge is 0.472 e. The molecule has 0 atom stereocenters. The molecule has 0 bridgehead atoms. The van der Waals surface area contributed by atoms with Crippen molar-refractivity contribution in [1.82, 2.24) is 0 Å². The lowest BCUT2D eigenvalue weighted by atomic mass is 10.0. The van der Waals surface area contributed by atoms with Crippen molar-refractivity contribution in [3.05, 3.63) is 36.3 Å². The minimum atomic E-state index is 0.876. The lowest BCUT2D eigenvalue weighted by molar-refractivity contribution is 0.192. The highest BCUT2D eigenvalue weighted by Gasteiger charge is 2.08. The van der Waals surface area contributed by atoms with E-state index in [4.69, 9.17) is 9.15 Å². The first kappa shape index (κ1) is 11.2. The first-order valence-electron chi connectivity index (χ1n) is 5.84. The number of ether oxygens (including phenoxy) is 1. The summed E-state index contributed by atoms with van der Waals surface area (Å²) in [6.07, 6.45) is 8.33. The molecule has 86 valence electrons. The molecule has 0 fully saturated rings. The van der Waals surface area contributed by atoms with Gasteiger partial charge in [-0.15, -0.1) is 0 Å². The molecule has 0 aromatic rings. The van der Waals surface area contributed by atoms with Crippen LogP contribution in [-0.4, -0.2) is 13.7 Å². The Balaban J connectivity index is 1.86. The van der Waals surface area contributed by atoms with Crippen molar-refractivity contribution in [2.45, 2.75) is 25.7 Å². The standard InChI is InChI=1S/C14H18O2/c1-15-9-4-2-3-5-12-6-7-13-11-16-10-8-14(12)13/h6-8,10-11H,2-5,9H2,1H3. The number of rotatable bonds is 6. The maximum absolute atomic E-state index is 5.14. The van der Waals surface area contributed by atoms with Crippen LogP contribution >= 0.6 is 0 Å². The minimum absolute atomic E-state index is 0.876. The van der Waals surface area contributed by atoms with Gasteiger partial charge in [-0.2, -0.15) is 0 Å². The van der Waals surface area contributed by atoms with E-state index < -0.39 is 0 Å². The fraction of sp³-hybridized carbons (Fsp3) is 0.429. The Morgan fingerprint density at radius 1 is 1.12 bits per heavy atom. The predicted molar refractivity (Wildman–Crippen MR) is 64.8 cm³/mol. The molecule has 2 aliphatic rings. The third kappa shape index (κ3) is 2.64. The normalized spacial score (nSPS) is 11.1. The van der Waals surface area contributed by atoms with Gasteiger partial charge in [0.05, 0.1) is 12.5 Å². The van der Waals surface area contributed by atoms with Crippen molar-refractivity contribution in [3.63, 3.8) is 0 Å².